The number of hydrogen-bond acceptors (Lipinski definition) is 3. The zero-order valence-corrected chi connectivity index (χ0v) is 13.6. The van der Waals surface area contributed by atoms with Gasteiger partial charge in [0.05, 0.1) is 17.1 Å². The fourth-order valence-corrected chi connectivity index (χ4v) is 2.69. The zero-order chi connectivity index (χ0) is 16.4. The smallest absolute Gasteiger partial charge is 0.260 e. The second-order valence-electron chi connectivity index (χ2n) is 4.79. The SMILES string of the molecule is Cc1nn(-c2ccccc2)c(Cl)c1C(=O)Nc1cccnc1Cl. The van der Waals surface area contributed by atoms with Gasteiger partial charge in [-0.3, -0.25) is 4.79 Å². The third-order valence-electron chi connectivity index (χ3n) is 3.24. The molecule has 1 amide bonds. The Labute approximate surface area is 142 Å². The normalized spacial score (nSPS) is 10.6. The van der Waals surface area contributed by atoms with Gasteiger partial charge in [-0.25, -0.2) is 9.67 Å². The van der Waals surface area contributed by atoms with E-state index in [0.717, 1.165) is 5.69 Å². The van der Waals surface area contributed by atoms with E-state index in [2.05, 4.69) is 15.4 Å². The van der Waals surface area contributed by atoms with Crippen LogP contribution in [-0.2, 0) is 0 Å². The number of halogens is 2. The van der Waals surface area contributed by atoms with Crippen LogP contribution in [0.5, 0.6) is 0 Å². The number of benzene rings is 1. The Hall–Kier alpha value is -2.37. The van der Waals surface area contributed by atoms with Gasteiger partial charge in [-0.05, 0) is 31.2 Å². The van der Waals surface area contributed by atoms with E-state index in [9.17, 15) is 4.79 Å². The molecule has 0 aliphatic heterocycles. The molecule has 0 aliphatic carbocycles. The van der Waals surface area contributed by atoms with Crippen LogP contribution in [0.1, 0.15) is 16.1 Å². The van der Waals surface area contributed by atoms with Gasteiger partial charge in [0.15, 0.2) is 5.15 Å². The predicted octanol–water partition coefficient (Wildman–Crippen LogP) is 4.13. The van der Waals surface area contributed by atoms with Gasteiger partial charge in [0, 0.05) is 6.20 Å². The third kappa shape index (κ3) is 3.06. The van der Waals surface area contributed by atoms with Crippen molar-refractivity contribution >= 4 is 34.8 Å². The van der Waals surface area contributed by atoms with Crippen molar-refractivity contribution in [3.05, 3.63) is 70.2 Å². The highest BCUT2D eigenvalue weighted by molar-refractivity contribution is 6.35. The summed E-state index contributed by atoms with van der Waals surface area (Å²) < 4.78 is 1.52. The molecule has 116 valence electrons. The van der Waals surface area contributed by atoms with Crippen molar-refractivity contribution in [3.63, 3.8) is 0 Å². The number of nitrogens with one attached hydrogen (secondary N) is 1. The van der Waals surface area contributed by atoms with Crippen LogP contribution >= 0.6 is 23.2 Å². The molecule has 0 aliphatic rings. The summed E-state index contributed by atoms with van der Waals surface area (Å²) >= 11 is 12.3. The van der Waals surface area contributed by atoms with E-state index in [-0.39, 0.29) is 16.2 Å². The summed E-state index contributed by atoms with van der Waals surface area (Å²) in [6, 6.07) is 12.7. The zero-order valence-electron chi connectivity index (χ0n) is 12.1. The average Bonchev–Trinajstić information content (AvgIpc) is 2.85. The minimum atomic E-state index is -0.385. The third-order valence-corrected chi connectivity index (χ3v) is 3.89. The molecule has 3 aromatic rings. The molecule has 0 spiro atoms. The second kappa shape index (κ2) is 6.40. The molecule has 2 heterocycles. The molecule has 0 unspecified atom stereocenters. The van der Waals surface area contributed by atoms with Gasteiger partial charge in [-0.2, -0.15) is 5.10 Å². The molecular formula is C16H12Cl2N4O. The first-order chi connectivity index (χ1) is 11.1. The quantitative estimate of drug-likeness (QED) is 0.725. The molecule has 3 rings (SSSR count). The number of hydrogen-bond donors (Lipinski definition) is 1. The number of rotatable bonds is 3. The van der Waals surface area contributed by atoms with Crippen LogP contribution in [0.25, 0.3) is 5.69 Å². The number of carbonyl (C=O) groups excluding carboxylic acids is 1. The average molecular weight is 347 g/mol. The van der Waals surface area contributed by atoms with Gasteiger partial charge in [0.2, 0.25) is 0 Å². The molecule has 0 fully saturated rings. The molecule has 1 aromatic carbocycles. The highest BCUT2D eigenvalue weighted by atomic mass is 35.5. The largest absolute Gasteiger partial charge is 0.319 e. The molecule has 0 saturated carbocycles. The van der Waals surface area contributed by atoms with E-state index >= 15 is 0 Å². The lowest BCUT2D eigenvalue weighted by molar-refractivity contribution is 0.102. The van der Waals surface area contributed by atoms with Crippen molar-refractivity contribution in [2.45, 2.75) is 6.92 Å². The maximum atomic E-state index is 12.5. The number of aryl methyl sites for hydroxylation is 1. The van der Waals surface area contributed by atoms with E-state index in [1.165, 1.54) is 4.68 Å². The summed E-state index contributed by atoms with van der Waals surface area (Å²) in [4.78, 5) is 16.4. The van der Waals surface area contributed by atoms with Crippen molar-refractivity contribution in [3.8, 4) is 5.69 Å². The number of carbonyl (C=O) groups is 1. The summed E-state index contributed by atoms with van der Waals surface area (Å²) in [6.07, 6.45) is 1.55. The Morgan fingerprint density at radius 1 is 1.13 bits per heavy atom. The summed E-state index contributed by atoms with van der Waals surface area (Å²) in [5.74, 6) is -0.385. The number of para-hydroxylation sites is 1. The van der Waals surface area contributed by atoms with E-state index in [0.29, 0.717) is 16.9 Å². The van der Waals surface area contributed by atoms with E-state index in [1.807, 2.05) is 30.3 Å². The number of nitrogens with zero attached hydrogens (tertiary/aromatic N) is 3. The molecule has 23 heavy (non-hydrogen) atoms. The number of amides is 1. The highest BCUT2D eigenvalue weighted by Crippen LogP contribution is 2.25. The molecule has 0 radical (unpaired) electrons. The molecule has 2 aromatic heterocycles. The number of pyridine rings is 1. The molecule has 0 saturated heterocycles. The Bertz CT molecular complexity index is 862. The maximum Gasteiger partial charge on any atom is 0.260 e. The molecule has 0 bridgehead atoms. The van der Waals surface area contributed by atoms with Crippen molar-refractivity contribution in [1.82, 2.24) is 14.8 Å². The van der Waals surface area contributed by atoms with Crippen LogP contribution in [0.15, 0.2) is 48.7 Å². The van der Waals surface area contributed by atoms with Gasteiger partial charge in [-0.15, -0.1) is 0 Å². The van der Waals surface area contributed by atoms with Gasteiger partial charge in [0.25, 0.3) is 5.91 Å². The van der Waals surface area contributed by atoms with Gasteiger partial charge in [0.1, 0.15) is 10.7 Å². The lowest BCUT2D eigenvalue weighted by Crippen LogP contribution is -2.13. The monoisotopic (exact) mass is 346 g/mol. The fraction of sp³-hybridized carbons (Fsp3) is 0.0625. The van der Waals surface area contributed by atoms with Gasteiger partial charge >= 0.3 is 0 Å². The number of anilines is 1. The molecule has 7 heteroatoms. The van der Waals surface area contributed by atoms with Gasteiger partial charge < -0.3 is 5.32 Å². The first-order valence-electron chi connectivity index (χ1n) is 6.80. The van der Waals surface area contributed by atoms with Crippen molar-refractivity contribution in [2.75, 3.05) is 5.32 Å². The molecule has 1 N–H and O–H groups in total. The first kappa shape index (κ1) is 15.5. The Morgan fingerprint density at radius 2 is 1.87 bits per heavy atom. The summed E-state index contributed by atoms with van der Waals surface area (Å²) in [6.45, 7) is 1.73. The van der Waals surface area contributed by atoms with Crippen LogP contribution in [0.4, 0.5) is 5.69 Å². The van der Waals surface area contributed by atoms with Crippen LogP contribution in [-0.4, -0.2) is 20.7 Å². The van der Waals surface area contributed by atoms with Crippen LogP contribution < -0.4 is 5.32 Å². The van der Waals surface area contributed by atoms with Crippen LogP contribution in [0.3, 0.4) is 0 Å². The van der Waals surface area contributed by atoms with E-state index < -0.39 is 0 Å². The maximum absolute atomic E-state index is 12.5. The van der Waals surface area contributed by atoms with Crippen LogP contribution in [0, 0.1) is 6.92 Å². The fourth-order valence-electron chi connectivity index (χ4n) is 2.16. The predicted molar refractivity (Wildman–Crippen MR) is 90.5 cm³/mol. The van der Waals surface area contributed by atoms with E-state index in [4.69, 9.17) is 23.2 Å². The van der Waals surface area contributed by atoms with Crippen molar-refractivity contribution in [2.24, 2.45) is 0 Å². The Balaban J connectivity index is 1.96. The lowest BCUT2D eigenvalue weighted by atomic mass is 10.2. The molecular weight excluding hydrogens is 335 g/mol. The summed E-state index contributed by atoms with van der Waals surface area (Å²) in [7, 11) is 0. The minimum Gasteiger partial charge on any atom is -0.319 e. The minimum absolute atomic E-state index is 0.213. The summed E-state index contributed by atoms with van der Waals surface area (Å²) in [5.41, 5.74) is 2.02. The van der Waals surface area contributed by atoms with Gasteiger partial charge in [-0.1, -0.05) is 41.4 Å². The Morgan fingerprint density at radius 3 is 2.57 bits per heavy atom. The topological polar surface area (TPSA) is 59.8 Å². The van der Waals surface area contributed by atoms with Crippen molar-refractivity contribution < 1.29 is 4.79 Å². The summed E-state index contributed by atoms with van der Waals surface area (Å²) in [5, 5.41) is 7.50. The molecule has 0 atom stereocenters. The standard InChI is InChI=1S/C16H12Cl2N4O/c1-10-13(16(23)20-12-8-5-9-19-14(12)17)15(18)22(21-10)11-6-3-2-4-7-11/h2-9H,1H3,(H,20,23). The highest BCUT2D eigenvalue weighted by Gasteiger charge is 2.21. The number of aromatic nitrogens is 3. The van der Waals surface area contributed by atoms with Crippen molar-refractivity contribution in [1.29, 1.82) is 0 Å². The molecule has 5 nitrogen and oxygen atoms in total. The van der Waals surface area contributed by atoms with E-state index in [1.54, 1.807) is 25.3 Å². The first-order valence-corrected chi connectivity index (χ1v) is 7.56. The second-order valence-corrected chi connectivity index (χ2v) is 5.51. The Kier molecular flexibility index (Phi) is 4.32. The lowest BCUT2D eigenvalue weighted by Gasteiger charge is -2.06. The van der Waals surface area contributed by atoms with Crippen LogP contribution in [0.2, 0.25) is 10.3 Å².